The second kappa shape index (κ2) is 7.72. The van der Waals surface area contributed by atoms with Gasteiger partial charge in [-0.05, 0) is 42.0 Å². The summed E-state index contributed by atoms with van der Waals surface area (Å²) in [5.41, 5.74) is 1.09. The Morgan fingerprint density at radius 2 is 1.85 bits per heavy atom. The largest absolute Gasteiger partial charge is 0.322 e. The zero-order valence-electron chi connectivity index (χ0n) is 13.4. The highest BCUT2D eigenvalue weighted by molar-refractivity contribution is 6.42. The van der Waals surface area contributed by atoms with Crippen LogP contribution in [0, 0.1) is 5.82 Å². The van der Waals surface area contributed by atoms with E-state index in [9.17, 15) is 14.0 Å². The predicted octanol–water partition coefficient (Wildman–Crippen LogP) is 4.59. The van der Waals surface area contributed by atoms with Crippen LogP contribution in [0.4, 0.5) is 10.1 Å². The third kappa shape index (κ3) is 4.31. The second-order valence-electron chi connectivity index (χ2n) is 5.60. The van der Waals surface area contributed by atoms with Crippen LogP contribution in [0.15, 0.2) is 65.6 Å². The number of nitrogens with one attached hydrogen (secondary N) is 1. The van der Waals surface area contributed by atoms with Gasteiger partial charge in [0.05, 0.1) is 22.2 Å². The van der Waals surface area contributed by atoms with Crippen molar-refractivity contribution in [1.29, 1.82) is 0 Å². The molecule has 4 nitrogen and oxygen atoms in total. The molecule has 0 saturated carbocycles. The van der Waals surface area contributed by atoms with Gasteiger partial charge in [-0.3, -0.25) is 9.59 Å². The minimum Gasteiger partial charge on any atom is -0.322 e. The normalized spacial score (nSPS) is 10.6. The first-order chi connectivity index (χ1) is 12.4. The molecule has 0 saturated heterocycles. The number of aromatic nitrogens is 1. The monoisotopic (exact) mass is 390 g/mol. The van der Waals surface area contributed by atoms with Crippen molar-refractivity contribution in [2.24, 2.45) is 0 Å². The topological polar surface area (TPSA) is 51.1 Å². The molecule has 3 rings (SSSR count). The van der Waals surface area contributed by atoms with Crippen molar-refractivity contribution in [3.63, 3.8) is 0 Å². The van der Waals surface area contributed by atoms with Gasteiger partial charge < -0.3 is 9.88 Å². The zero-order valence-corrected chi connectivity index (χ0v) is 14.9. The van der Waals surface area contributed by atoms with Gasteiger partial charge in [0, 0.05) is 18.0 Å². The third-order valence-electron chi connectivity index (χ3n) is 3.67. The zero-order chi connectivity index (χ0) is 18.7. The molecule has 2 aromatic carbocycles. The van der Waals surface area contributed by atoms with E-state index in [1.807, 2.05) is 0 Å². The Morgan fingerprint density at radius 1 is 1.04 bits per heavy atom. The fourth-order valence-corrected chi connectivity index (χ4v) is 2.70. The lowest BCUT2D eigenvalue weighted by molar-refractivity contribution is 0.102. The van der Waals surface area contributed by atoms with Crippen LogP contribution in [0.3, 0.4) is 0 Å². The van der Waals surface area contributed by atoms with Crippen molar-refractivity contribution < 1.29 is 9.18 Å². The third-order valence-corrected chi connectivity index (χ3v) is 4.40. The quantitative estimate of drug-likeness (QED) is 0.707. The highest BCUT2D eigenvalue weighted by Gasteiger charge is 2.10. The summed E-state index contributed by atoms with van der Waals surface area (Å²) in [5, 5.41) is 3.39. The van der Waals surface area contributed by atoms with Crippen molar-refractivity contribution in [1.82, 2.24) is 4.57 Å². The molecule has 1 N–H and O–H groups in total. The van der Waals surface area contributed by atoms with Crippen LogP contribution >= 0.6 is 23.2 Å². The number of rotatable bonds is 4. The van der Waals surface area contributed by atoms with Gasteiger partial charge in [0.1, 0.15) is 5.82 Å². The van der Waals surface area contributed by atoms with E-state index in [0.717, 1.165) is 0 Å². The predicted molar refractivity (Wildman–Crippen MR) is 101 cm³/mol. The molecule has 26 heavy (non-hydrogen) atoms. The molecule has 132 valence electrons. The Bertz CT molecular complexity index is 1030. The number of carbonyl (C=O) groups is 1. The highest BCUT2D eigenvalue weighted by Crippen LogP contribution is 2.25. The van der Waals surface area contributed by atoms with Gasteiger partial charge in [0.15, 0.2) is 0 Å². The minimum atomic E-state index is -0.406. The summed E-state index contributed by atoms with van der Waals surface area (Å²) in [6.45, 7) is 0.157. The molecule has 0 aliphatic carbocycles. The van der Waals surface area contributed by atoms with Crippen LogP contribution in [0.5, 0.6) is 0 Å². The molecule has 0 aliphatic heterocycles. The van der Waals surface area contributed by atoms with E-state index in [1.54, 1.807) is 24.3 Å². The molecular weight excluding hydrogens is 378 g/mol. The smallest absolute Gasteiger partial charge is 0.257 e. The Labute approximate surface area is 158 Å². The van der Waals surface area contributed by atoms with Crippen molar-refractivity contribution >= 4 is 34.8 Å². The molecule has 0 spiro atoms. The number of benzene rings is 2. The van der Waals surface area contributed by atoms with E-state index in [4.69, 9.17) is 23.2 Å². The number of hydrogen-bond acceptors (Lipinski definition) is 2. The van der Waals surface area contributed by atoms with Crippen LogP contribution in [0.2, 0.25) is 10.0 Å². The van der Waals surface area contributed by atoms with Gasteiger partial charge >= 0.3 is 0 Å². The fraction of sp³-hybridized carbons (Fsp3) is 0.0526. The Kier molecular flexibility index (Phi) is 5.40. The van der Waals surface area contributed by atoms with E-state index < -0.39 is 5.91 Å². The van der Waals surface area contributed by atoms with Gasteiger partial charge in [-0.15, -0.1) is 0 Å². The van der Waals surface area contributed by atoms with E-state index in [0.29, 0.717) is 21.3 Å². The van der Waals surface area contributed by atoms with Crippen LogP contribution in [-0.4, -0.2) is 10.5 Å². The van der Waals surface area contributed by atoms with Crippen molar-refractivity contribution in [3.05, 3.63) is 98.1 Å². The number of hydrogen-bond donors (Lipinski definition) is 1. The number of amides is 1. The molecule has 1 heterocycles. The first-order valence-electron chi connectivity index (χ1n) is 7.64. The molecule has 1 aromatic heterocycles. The minimum absolute atomic E-state index is 0.157. The summed E-state index contributed by atoms with van der Waals surface area (Å²) in [5.74, 6) is -0.791. The van der Waals surface area contributed by atoms with Crippen molar-refractivity contribution in [2.75, 3.05) is 5.32 Å². The van der Waals surface area contributed by atoms with Gasteiger partial charge in [-0.25, -0.2) is 4.39 Å². The van der Waals surface area contributed by atoms with E-state index in [-0.39, 0.29) is 23.5 Å². The molecule has 3 aromatic rings. The van der Waals surface area contributed by atoms with Gasteiger partial charge in [-0.1, -0.05) is 35.3 Å². The molecular formula is C19H13Cl2FN2O2. The number of anilines is 1. The van der Waals surface area contributed by atoms with Crippen LogP contribution in [0.1, 0.15) is 15.9 Å². The summed E-state index contributed by atoms with van der Waals surface area (Å²) in [6, 6.07) is 13.4. The molecule has 0 atom stereocenters. The molecule has 1 amide bonds. The molecule has 0 bridgehead atoms. The molecule has 7 heteroatoms. The van der Waals surface area contributed by atoms with E-state index in [1.165, 1.54) is 41.1 Å². The number of pyridine rings is 1. The lowest BCUT2D eigenvalue weighted by Crippen LogP contribution is -2.22. The first-order valence-corrected chi connectivity index (χ1v) is 8.39. The molecule has 0 aliphatic rings. The lowest BCUT2D eigenvalue weighted by atomic mass is 10.2. The number of carbonyl (C=O) groups excluding carboxylic acids is 1. The maximum absolute atomic E-state index is 13.3. The SMILES string of the molecule is O=C(Nc1ccc(Cl)c(Cl)c1)c1ccc(=O)n(Cc2cccc(F)c2)c1. The van der Waals surface area contributed by atoms with Crippen LogP contribution in [-0.2, 0) is 6.54 Å². The summed E-state index contributed by atoms with van der Waals surface area (Å²) in [7, 11) is 0. The lowest BCUT2D eigenvalue weighted by Gasteiger charge is -2.10. The summed E-state index contributed by atoms with van der Waals surface area (Å²) < 4.78 is 14.7. The van der Waals surface area contributed by atoms with Crippen molar-refractivity contribution in [3.8, 4) is 0 Å². The fourth-order valence-electron chi connectivity index (χ4n) is 2.40. The average Bonchev–Trinajstić information content (AvgIpc) is 2.60. The maximum atomic E-state index is 13.3. The highest BCUT2D eigenvalue weighted by atomic mass is 35.5. The second-order valence-corrected chi connectivity index (χ2v) is 6.41. The number of nitrogens with zero attached hydrogens (tertiary/aromatic N) is 1. The Morgan fingerprint density at radius 3 is 2.58 bits per heavy atom. The van der Waals surface area contributed by atoms with E-state index in [2.05, 4.69) is 5.32 Å². The maximum Gasteiger partial charge on any atom is 0.257 e. The standard InChI is InChI=1S/C19H13Cl2FN2O2/c20-16-6-5-15(9-17(16)21)23-19(26)13-4-7-18(25)24(11-13)10-12-2-1-3-14(22)8-12/h1-9,11H,10H2,(H,23,26). The number of halogens is 3. The summed E-state index contributed by atoms with van der Waals surface area (Å²) in [4.78, 5) is 24.4. The summed E-state index contributed by atoms with van der Waals surface area (Å²) >= 11 is 11.8. The van der Waals surface area contributed by atoms with Gasteiger partial charge in [-0.2, -0.15) is 0 Å². The van der Waals surface area contributed by atoms with Crippen LogP contribution < -0.4 is 10.9 Å². The van der Waals surface area contributed by atoms with Gasteiger partial charge in [0.2, 0.25) is 0 Å². The Balaban J connectivity index is 1.83. The first kappa shape index (κ1) is 18.2. The molecule has 0 radical (unpaired) electrons. The molecule has 0 unspecified atom stereocenters. The van der Waals surface area contributed by atoms with Crippen LogP contribution in [0.25, 0.3) is 0 Å². The van der Waals surface area contributed by atoms with E-state index >= 15 is 0 Å². The average molecular weight is 391 g/mol. The van der Waals surface area contributed by atoms with Gasteiger partial charge in [0.25, 0.3) is 11.5 Å². The molecule has 0 fully saturated rings. The van der Waals surface area contributed by atoms with Crippen molar-refractivity contribution in [2.45, 2.75) is 6.54 Å². The Hall–Kier alpha value is -2.63. The summed E-state index contributed by atoms with van der Waals surface area (Å²) in [6.07, 6.45) is 1.43.